The van der Waals surface area contributed by atoms with Gasteiger partial charge in [0.2, 0.25) is 0 Å². The quantitative estimate of drug-likeness (QED) is 0.686. The second kappa shape index (κ2) is 7.15. The average Bonchev–Trinajstić information content (AvgIpc) is 2.47. The van der Waals surface area contributed by atoms with E-state index in [9.17, 15) is 14.7 Å². The fourth-order valence-corrected chi connectivity index (χ4v) is 2.79. The molecule has 0 radical (unpaired) electrons. The number of carbonyl (C=O) groups is 2. The van der Waals surface area contributed by atoms with Crippen LogP contribution in [0.5, 0.6) is 5.75 Å². The third-order valence-electron chi connectivity index (χ3n) is 4.13. The molecule has 0 aromatic heterocycles. The monoisotopic (exact) mass is 306 g/mol. The number of rotatable bonds is 4. The number of benzene rings is 1. The highest BCUT2D eigenvalue weighted by atomic mass is 16.4. The molecule has 22 heavy (non-hydrogen) atoms. The largest absolute Gasteiger partial charge is 0.508 e. The van der Waals surface area contributed by atoms with E-state index < -0.39 is 5.97 Å². The van der Waals surface area contributed by atoms with E-state index in [0.717, 1.165) is 5.56 Å². The molecule has 6 heteroatoms. The number of carboxylic acids is 1. The number of urea groups is 1. The minimum absolute atomic E-state index is 0.0203. The van der Waals surface area contributed by atoms with Crippen LogP contribution in [0.4, 0.5) is 4.79 Å². The fourth-order valence-electron chi connectivity index (χ4n) is 2.79. The normalized spacial score (nSPS) is 22.6. The van der Waals surface area contributed by atoms with E-state index in [1.807, 2.05) is 13.0 Å². The smallest absolute Gasteiger partial charge is 0.315 e. The van der Waals surface area contributed by atoms with Crippen molar-refractivity contribution in [3.05, 3.63) is 29.8 Å². The van der Waals surface area contributed by atoms with Crippen molar-refractivity contribution in [3.8, 4) is 5.75 Å². The molecule has 0 bridgehead atoms. The molecule has 1 saturated carbocycles. The van der Waals surface area contributed by atoms with Crippen molar-refractivity contribution in [3.63, 3.8) is 0 Å². The lowest BCUT2D eigenvalue weighted by molar-refractivity contribution is -0.142. The number of phenols is 1. The van der Waals surface area contributed by atoms with E-state index >= 15 is 0 Å². The van der Waals surface area contributed by atoms with E-state index in [1.165, 1.54) is 0 Å². The number of aromatic hydroxyl groups is 1. The molecule has 0 unspecified atom stereocenters. The predicted octanol–water partition coefficient (Wildman–Crippen LogP) is 2.40. The van der Waals surface area contributed by atoms with Crippen molar-refractivity contribution in [1.29, 1.82) is 0 Å². The number of amides is 2. The second-order valence-corrected chi connectivity index (χ2v) is 5.82. The fraction of sp³-hybridized carbons (Fsp3) is 0.500. The van der Waals surface area contributed by atoms with Gasteiger partial charge in [-0.1, -0.05) is 12.1 Å². The number of hydrogen-bond acceptors (Lipinski definition) is 3. The van der Waals surface area contributed by atoms with Gasteiger partial charge in [-0.3, -0.25) is 4.79 Å². The summed E-state index contributed by atoms with van der Waals surface area (Å²) in [5.41, 5.74) is 0.824. The first-order valence-corrected chi connectivity index (χ1v) is 7.54. The summed E-state index contributed by atoms with van der Waals surface area (Å²) in [6.45, 7) is 1.84. The van der Waals surface area contributed by atoms with E-state index in [2.05, 4.69) is 10.6 Å². The first-order chi connectivity index (χ1) is 10.5. The molecule has 1 fully saturated rings. The van der Waals surface area contributed by atoms with Gasteiger partial charge in [0.15, 0.2) is 0 Å². The van der Waals surface area contributed by atoms with Gasteiger partial charge in [-0.15, -0.1) is 0 Å². The van der Waals surface area contributed by atoms with Crippen LogP contribution < -0.4 is 10.6 Å². The van der Waals surface area contributed by atoms with Gasteiger partial charge >= 0.3 is 12.0 Å². The Labute approximate surface area is 129 Å². The van der Waals surface area contributed by atoms with Crippen LogP contribution in [0.15, 0.2) is 24.3 Å². The number of carboxylic acid groups (broad SMARTS) is 1. The first-order valence-electron chi connectivity index (χ1n) is 7.54. The minimum atomic E-state index is -0.750. The number of carbonyl (C=O) groups excluding carboxylic acids is 1. The Morgan fingerprint density at radius 2 is 1.91 bits per heavy atom. The lowest BCUT2D eigenvalue weighted by Gasteiger charge is -2.27. The van der Waals surface area contributed by atoms with E-state index in [4.69, 9.17) is 5.11 Å². The lowest BCUT2D eigenvalue weighted by Crippen LogP contribution is -2.44. The molecule has 0 spiro atoms. The second-order valence-electron chi connectivity index (χ2n) is 5.82. The van der Waals surface area contributed by atoms with Gasteiger partial charge in [-0.2, -0.15) is 0 Å². The summed E-state index contributed by atoms with van der Waals surface area (Å²) in [5.74, 6) is -0.869. The number of aliphatic carboxylic acids is 1. The molecule has 1 aliphatic rings. The third-order valence-corrected chi connectivity index (χ3v) is 4.13. The Bertz CT molecular complexity index is 539. The number of phenolic OH excluding ortho intramolecular Hbond substituents is 1. The van der Waals surface area contributed by atoms with Crippen LogP contribution in [0, 0.1) is 5.92 Å². The van der Waals surface area contributed by atoms with Crippen LogP contribution in [0.25, 0.3) is 0 Å². The molecule has 6 nitrogen and oxygen atoms in total. The van der Waals surface area contributed by atoms with Crippen LogP contribution in [-0.2, 0) is 4.79 Å². The van der Waals surface area contributed by atoms with Crippen molar-refractivity contribution in [2.45, 2.75) is 44.7 Å². The average molecular weight is 306 g/mol. The third kappa shape index (κ3) is 4.38. The van der Waals surface area contributed by atoms with Crippen LogP contribution in [0.3, 0.4) is 0 Å². The summed E-state index contributed by atoms with van der Waals surface area (Å²) in [4.78, 5) is 22.9. The Morgan fingerprint density at radius 1 is 1.23 bits per heavy atom. The zero-order valence-electron chi connectivity index (χ0n) is 12.6. The molecule has 2 amide bonds. The van der Waals surface area contributed by atoms with Crippen molar-refractivity contribution in [1.82, 2.24) is 10.6 Å². The Morgan fingerprint density at radius 3 is 2.50 bits per heavy atom. The summed E-state index contributed by atoms with van der Waals surface area (Å²) in [6, 6.07) is 6.29. The molecule has 2 rings (SSSR count). The SMILES string of the molecule is C[C@@H](NC(=O)NC1CCC(C(=O)O)CC1)c1cccc(O)c1. The molecule has 0 aliphatic heterocycles. The molecular formula is C16H22N2O4. The Hall–Kier alpha value is -2.24. The van der Waals surface area contributed by atoms with Crippen LogP contribution in [-0.4, -0.2) is 28.3 Å². The molecule has 4 N–H and O–H groups in total. The molecule has 0 saturated heterocycles. The summed E-state index contributed by atoms with van der Waals surface area (Å²) >= 11 is 0. The maximum absolute atomic E-state index is 12.0. The summed E-state index contributed by atoms with van der Waals surface area (Å²) in [7, 11) is 0. The van der Waals surface area contributed by atoms with Gasteiger partial charge in [0, 0.05) is 6.04 Å². The standard InChI is InChI=1S/C16H22N2O4/c1-10(12-3-2-4-14(19)9-12)17-16(22)18-13-7-5-11(6-8-13)15(20)21/h2-4,9-11,13,19H,5-8H2,1H3,(H,20,21)(H2,17,18,22)/t10-,11?,13?/m1/s1. The molecule has 1 aromatic rings. The minimum Gasteiger partial charge on any atom is -0.508 e. The maximum atomic E-state index is 12.0. The topological polar surface area (TPSA) is 98.7 Å². The van der Waals surface area contributed by atoms with E-state index in [-0.39, 0.29) is 29.8 Å². The zero-order chi connectivity index (χ0) is 16.1. The molecule has 120 valence electrons. The molecule has 1 atom stereocenters. The van der Waals surface area contributed by atoms with Gasteiger partial charge < -0.3 is 20.8 Å². The lowest BCUT2D eigenvalue weighted by atomic mass is 9.86. The number of nitrogens with one attached hydrogen (secondary N) is 2. The van der Waals surface area contributed by atoms with E-state index in [0.29, 0.717) is 25.7 Å². The van der Waals surface area contributed by atoms with Gasteiger partial charge in [0.05, 0.1) is 12.0 Å². The summed E-state index contributed by atoms with van der Waals surface area (Å²) in [6.07, 6.45) is 2.57. The molecular weight excluding hydrogens is 284 g/mol. The Kier molecular flexibility index (Phi) is 5.25. The number of hydrogen-bond donors (Lipinski definition) is 4. The molecule has 1 aliphatic carbocycles. The van der Waals surface area contributed by atoms with Crippen LogP contribution in [0.2, 0.25) is 0 Å². The van der Waals surface area contributed by atoms with Crippen LogP contribution in [0.1, 0.15) is 44.2 Å². The highest BCUT2D eigenvalue weighted by Crippen LogP contribution is 2.24. The maximum Gasteiger partial charge on any atom is 0.315 e. The molecule has 0 heterocycles. The van der Waals surface area contributed by atoms with Gasteiger partial charge in [0.25, 0.3) is 0 Å². The Balaban J connectivity index is 1.80. The van der Waals surface area contributed by atoms with Crippen molar-refractivity contribution < 1.29 is 19.8 Å². The predicted molar refractivity (Wildman–Crippen MR) is 81.6 cm³/mol. The molecule has 1 aromatic carbocycles. The van der Waals surface area contributed by atoms with Crippen LogP contribution >= 0.6 is 0 Å². The first kappa shape index (κ1) is 16.1. The highest BCUT2D eigenvalue weighted by molar-refractivity contribution is 5.75. The van der Waals surface area contributed by atoms with E-state index in [1.54, 1.807) is 18.2 Å². The highest BCUT2D eigenvalue weighted by Gasteiger charge is 2.26. The van der Waals surface area contributed by atoms with Gasteiger partial charge in [-0.05, 0) is 50.3 Å². The van der Waals surface area contributed by atoms with Gasteiger partial charge in [-0.25, -0.2) is 4.79 Å². The van der Waals surface area contributed by atoms with Crippen molar-refractivity contribution >= 4 is 12.0 Å². The van der Waals surface area contributed by atoms with Crippen molar-refractivity contribution in [2.75, 3.05) is 0 Å². The zero-order valence-corrected chi connectivity index (χ0v) is 12.6. The summed E-state index contributed by atoms with van der Waals surface area (Å²) in [5, 5.41) is 24.1. The van der Waals surface area contributed by atoms with Crippen molar-refractivity contribution in [2.24, 2.45) is 5.92 Å². The van der Waals surface area contributed by atoms with Gasteiger partial charge in [0.1, 0.15) is 5.75 Å². The summed E-state index contributed by atoms with van der Waals surface area (Å²) < 4.78 is 0.